The van der Waals surface area contributed by atoms with Crippen LogP contribution < -0.4 is 0 Å². The van der Waals surface area contributed by atoms with Gasteiger partial charge in [-0.1, -0.05) is 29.4 Å². The van der Waals surface area contributed by atoms with Crippen LogP contribution in [0.15, 0.2) is 12.2 Å². The van der Waals surface area contributed by atoms with Crippen molar-refractivity contribution in [2.45, 2.75) is 61.9 Å². The van der Waals surface area contributed by atoms with E-state index in [1.165, 1.54) is 0 Å². The third kappa shape index (κ3) is 1.18. The molecule has 3 nitrogen and oxygen atoms in total. The molecule has 0 amide bonds. The van der Waals surface area contributed by atoms with E-state index in [1.807, 2.05) is 0 Å². The van der Waals surface area contributed by atoms with Gasteiger partial charge in [0, 0.05) is 17.3 Å². The van der Waals surface area contributed by atoms with Gasteiger partial charge in [-0.3, -0.25) is 0 Å². The Morgan fingerprint density at radius 3 is 2.74 bits per heavy atom. The molecule has 1 spiro atoms. The highest BCUT2D eigenvalue weighted by atomic mass is 79.9. The van der Waals surface area contributed by atoms with Crippen molar-refractivity contribution in [2.24, 2.45) is 10.8 Å². The Hall–Kier alpha value is 0.100. The fourth-order valence-electron chi connectivity index (χ4n) is 4.95. The zero-order chi connectivity index (χ0) is 13.6. The smallest absolute Gasteiger partial charge is 0.0823 e. The highest BCUT2D eigenvalue weighted by molar-refractivity contribution is 9.09. The molecular formula is C15H21BrO3. The van der Waals surface area contributed by atoms with Crippen LogP contribution >= 0.6 is 15.9 Å². The number of aliphatic hydroxyl groups excluding tert-OH is 1. The number of hydrogen-bond donors (Lipinski definition) is 1. The summed E-state index contributed by atoms with van der Waals surface area (Å²) in [7, 11) is 0. The van der Waals surface area contributed by atoms with Crippen molar-refractivity contribution in [1.29, 1.82) is 0 Å². The first-order chi connectivity index (χ1) is 8.85. The predicted octanol–water partition coefficient (Wildman–Crippen LogP) is 2.41. The van der Waals surface area contributed by atoms with Gasteiger partial charge in [0.15, 0.2) is 0 Å². The van der Waals surface area contributed by atoms with Crippen LogP contribution in [-0.2, 0) is 9.47 Å². The third-order valence-electron chi connectivity index (χ3n) is 6.63. The van der Waals surface area contributed by atoms with Crippen LogP contribution in [0.3, 0.4) is 0 Å². The van der Waals surface area contributed by atoms with Crippen LogP contribution in [0.5, 0.6) is 0 Å². The van der Waals surface area contributed by atoms with Crippen molar-refractivity contribution in [1.82, 2.24) is 0 Å². The SMILES string of the molecule is C=C1[C@H]2C[C@@H](O)[C@]1(C)[C@]13CC[C@](C)(OC1)[C@@H](Br)[C@H]3O2. The van der Waals surface area contributed by atoms with Gasteiger partial charge in [0.05, 0.1) is 35.3 Å². The Kier molecular flexibility index (Phi) is 2.33. The molecule has 106 valence electrons. The fourth-order valence-corrected chi connectivity index (χ4v) is 5.94. The van der Waals surface area contributed by atoms with Crippen LogP contribution in [0, 0.1) is 10.8 Å². The Bertz CT molecular complexity index is 454. The largest absolute Gasteiger partial charge is 0.392 e. The van der Waals surface area contributed by atoms with Gasteiger partial charge in [0.2, 0.25) is 0 Å². The molecule has 2 aliphatic carbocycles. The van der Waals surface area contributed by atoms with Gasteiger partial charge < -0.3 is 14.6 Å². The highest BCUT2D eigenvalue weighted by Crippen LogP contribution is 2.69. The third-order valence-corrected chi connectivity index (χ3v) is 8.07. The second-order valence-electron chi connectivity index (χ2n) is 7.18. The van der Waals surface area contributed by atoms with Crippen LogP contribution in [-0.4, -0.2) is 40.5 Å². The van der Waals surface area contributed by atoms with Crippen molar-refractivity contribution in [3.05, 3.63) is 12.2 Å². The van der Waals surface area contributed by atoms with Gasteiger partial charge in [-0.2, -0.15) is 0 Å². The van der Waals surface area contributed by atoms with Crippen molar-refractivity contribution in [3.63, 3.8) is 0 Å². The van der Waals surface area contributed by atoms with Gasteiger partial charge in [-0.05, 0) is 25.3 Å². The van der Waals surface area contributed by atoms with Crippen molar-refractivity contribution < 1.29 is 14.6 Å². The molecular weight excluding hydrogens is 308 g/mol. The van der Waals surface area contributed by atoms with Crippen LogP contribution in [0.25, 0.3) is 0 Å². The van der Waals surface area contributed by atoms with Gasteiger partial charge >= 0.3 is 0 Å². The number of fused-ring (bicyclic) bond motifs is 4. The lowest BCUT2D eigenvalue weighted by molar-refractivity contribution is -0.280. The maximum Gasteiger partial charge on any atom is 0.0823 e. The number of rotatable bonds is 0. The Labute approximate surface area is 122 Å². The standard InChI is InChI=1S/C15H21BrO3/c1-8-9-6-10(17)14(8,3)15-5-4-13(2,18-7-15)11(16)12(15)19-9/h9-12,17H,1,4-7H2,2-3H3/t9-,10-,11+,12-,13+,14-,15-/m1/s1. The summed E-state index contributed by atoms with van der Waals surface area (Å²) in [5.41, 5.74) is 0.549. The molecule has 5 rings (SSSR count). The molecule has 0 aromatic carbocycles. The van der Waals surface area contributed by atoms with E-state index in [1.54, 1.807) is 0 Å². The molecule has 4 heteroatoms. The van der Waals surface area contributed by atoms with Gasteiger partial charge in [0.1, 0.15) is 0 Å². The summed E-state index contributed by atoms with van der Waals surface area (Å²) in [5, 5.41) is 10.6. The first kappa shape index (κ1) is 12.8. The maximum absolute atomic E-state index is 10.6. The Balaban J connectivity index is 1.88. The van der Waals surface area contributed by atoms with E-state index in [4.69, 9.17) is 9.47 Å². The zero-order valence-electron chi connectivity index (χ0n) is 11.5. The molecule has 2 saturated carbocycles. The average molecular weight is 329 g/mol. The number of ether oxygens (including phenoxy) is 2. The van der Waals surface area contributed by atoms with E-state index in [0.717, 1.165) is 18.4 Å². The zero-order valence-corrected chi connectivity index (χ0v) is 13.1. The van der Waals surface area contributed by atoms with Crippen LogP contribution in [0.1, 0.15) is 33.1 Å². The summed E-state index contributed by atoms with van der Waals surface area (Å²) >= 11 is 3.82. The van der Waals surface area contributed by atoms with E-state index in [0.29, 0.717) is 13.0 Å². The minimum Gasteiger partial charge on any atom is -0.392 e. The highest BCUT2D eigenvalue weighted by Gasteiger charge is 2.73. The summed E-state index contributed by atoms with van der Waals surface area (Å²) in [4.78, 5) is 0.197. The van der Waals surface area contributed by atoms with E-state index < -0.39 is 0 Å². The number of halogens is 1. The van der Waals surface area contributed by atoms with E-state index in [9.17, 15) is 5.11 Å². The van der Waals surface area contributed by atoms with Gasteiger partial charge in [-0.25, -0.2) is 0 Å². The van der Waals surface area contributed by atoms with Crippen molar-refractivity contribution in [3.8, 4) is 0 Å². The van der Waals surface area contributed by atoms with E-state index in [-0.39, 0.29) is 39.6 Å². The molecule has 0 radical (unpaired) electrons. The van der Waals surface area contributed by atoms with E-state index in [2.05, 4.69) is 36.4 Å². The summed E-state index contributed by atoms with van der Waals surface area (Å²) in [5.74, 6) is 0. The second-order valence-corrected chi connectivity index (χ2v) is 8.17. The predicted molar refractivity (Wildman–Crippen MR) is 75.3 cm³/mol. The monoisotopic (exact) mass is 328 g/mol. The first-order valence-corrected chi connectivity index (χ1v) is 8.08. The quantitative estimate of drug-likeness (QED) is 0.548. The molecule has 1 N–H and O–H groups in total. The number of hydrogen-bond acceptors (Lipinski definition) is 3. The summed E-state index contributed by atoms with van der Waals surface area (Å²) in [6.07, 6.45) is 2.53. The molecule has 5 fully saturated rings. The van der Waals surface area contributed by atoms with Crippen molar-refractivity contribution >= 4 is 15.9 Å². The number of alkyl halides is 1. The molecule has 5 aliphatic rings. The van der Waals surface area contributed by atoms with Gasteiger partial charge in [0.25, 0.3) is 0 Å². The van der Waals surface area contributed by atoms with Crippen LogP contribution in [0.4, 0.5) is 0 Å². The fraction of sp³-hybridized carbons (Fsp3) is 0.867. The van der Waals surface area contributed by atoms with Gasteiger partial charge in [-0.15, -0.1) is 0 Å². The molecule has 0 aromatic rings. The lowest BCUT2D eigenvalue weighted by atomic mass is 9.50. The lowest BCUT2D eigenvalue weighted by Crippen LogP contribution is -2.72. The summed E-state index contributed by atoms with van der Waals surface area (Å²) < 4.78 is 12.5. The lowest BCUT2D eigenvalue weighted by Gasteiger charge is -2.66. The molecule has 0 unspecified atom stereocenters. The first-order valence-electron chi connectivity index (χ1n) is 7.16. The van der Waals surface area contributed by atoms with Crippen LogP contribution in [0.2, 0.25) is 0 Å². The molecule has 0 aromatic heterocycles. The molecule has 3 aliphatic heterocycles. The normalized spacial score (nSPS) is 63.3. The Morgan fingerprint density at radius 2 is 2.11 bits per heavy atom. The Morgan fingerprint density at radius 1 is 1.37 bits per heavy atom. The van der Waals surface area contributed by atoms with Crippen molar-refractivity contribution in [2.75, 3.05) is 6.61 Å². The molecule has 4 bridgehead atoms. The summed E-state index contributed by atoms with van der Waals surface area (Å²) in [6, 6.07) is 0. The molecule has 19 heavy (non-hydrogen) atoms. The average Bonchev–Trinajstić information content (AvgIpc) is 2.55. The van der Waals surface area contributed by atoms with E-state index >= 15 is 0 Å². The summed E-state index contributed by atoms with van der Waals surface area (Å²) in [6.45, 7) is 9.27. The minimum absolute atomic E-state index is 0.0126. The molecule has 3 saturated heterocycles. The number of aliphatic hydroxyl groups is 1. The second kappa shape index (κ2) is 3.46. The molecule has 3 heterocycles. The molecule has 7 atom stereocenters. The maximum atomic E-state index is 10.6. The minimum atomic E-state index is -0.360. The topological polar surface area (TPSA) is 38.7 Å².